The van der Waals surface area contributed by atoms with Gasteiger partial charge in [-0.15, -0.1) is 0 Å². The molecule has 0 aliphatic carbocycles. The van der Waals surface area contributed by atoms with Gasteiger partial charge in [0.05, 0.1) is 0 Å². The minimum absolute atomic E-state index is 0.917. The van der Waals surface area contributed by atoms with Crippen molar-refractivity contribution in [1.82, 2.24) is 4.98 Å². The standard InChI is InChI=1S/C30H19NO/c1-2-6-19(7-3-1)22-11-14-25-26-16-20(12-15-29(26)32-30(25)18-22)21-10-13-24-23-8-4-5-9-27(23)31-28(24)17-21/h1-18,31H. The minimum Gasteiger partial charge on any atom is -0.456 e. The van der Waals surface area contributed by atoms with Gasteiger partial charge in [-0.25, -0.2) is 0 Å². The van der Waals surface area contributed by atoms with Gasteiger partial charge in [-0.2, -0.15) is 0 Å². The number of aromatic nitrogens is 1. The second-order valence-corrected chi connectivity index (χ2v) is 8.32. The first-order valence-corrected chi connectivity index (χ1v) is 10.9. The number of hydrogen-bond donors (Lipinski definition) is 1. The van der Waals surface area contributed by atoms with Crippen molar-refractivity contribution >= 4 is 43.7 Å². The number of rotatable bonds is 2. The smallest absolute Gasteiger partial charge is 0.136 e. The fraction of sp³-hybridized carbons (Fsp3) is 0. The maximum Gasteiger partial charge on any atom is 0.136 e. The molecular formula is C30H19NO. The van der Waals surface area contributed by atoms with Gasteiger partial charge in [0.1, 0.15) is 11.2 Å². The third kappa shape index (κ3) is 2.60. The molecule has 0 bridgehead atoms. The summed E-state index contributed by atoms with van der Waals surface area (Å²) in [5.74, 6) is 0. The van der Waals surface area contributed by atoms with Crippen LogP contribution in [-0.4, -0.2) is 4.98 Å². The highest BCUT2D eigenvalue weighted by Gasteiger charge is 2.11. The first kappa shape index (κ1) is 17.4. The van der Waals surface area contributed by atoms with Gasteiger partial charge in [-0.3, -0.25) is 0 Å². The molecule has 7 rings (SSSR count). The Morgan fingerprint density at radius 3 is 2.00 bits per heavy atom. The van der Waals surface area contributed by atoms with Gasteiger partial charge < -0.3 is 9.40 Å². The van der Waals surface area contributed by atoms with Gasteiger partial charge in [0, 0.05) is 32.6 Å². The van der Waals surface area contributed by atoms with E-state index in [0.717, 1.165) is 27.5 Å². The lowest BCUT2D eigenvalue weighted by Crippen LogP contribution is -1.79. The molecule has 32 heavy (non-hydrogen) atoms. The van der Waals surface area contributed by atoms with Crippen molar-refractivity contribution < 1.29 is 4.42 Å². The highest BCUT2D eigenvalue weighted by atomic mass is 16.3. The van der Waals surface area contributed by atoms with E-state index >= 15 is 0 Å². The van der Waals surface area contributed by atoms with Crippen molar-refractivity contribution in [1.29, 1.82) is 0 Å². The number of fused-ring (bicyclic) bond motifs is 6. The number of H-pyrrole nitrogens is 1. The van der Waals surface area contributed by atoms with E-state index in [1.54, 1.807) is 0 Å². The number of para-hydroxylation sites is 1. The summed E-state index contributed by atoms with van der Waals surface area (Å²) in [6, 6.07) is 38.5. The van der Waals surface area contributed by atoms with Gasteiger partial charge >= 0.3 is 0 Å². The Kier molecular flexibility index (Phi) is 3.58. The summed E-state index contributed by atoms with van der Waals surface area (Å²) in [4.78, 5) is 3.55. The second-order valence-electron chi connectivity index (χ2n) is 8.32. The van der Waals surface area contributed by atoms with E-state index in [0.29, 0.717) is 0 Å². The average Bonchev–Trinajstić information content (AvgIpc) is 3.41. The molecule has 150 valence electrons. The summed E-state index contributed by atoms with van der Waals surface area (Å²) in [7, 11) is 0. The minimum atomic E-state index is 0.917. The molecule has 2 nitrogen and oxygen atoms in total. The zero-order valence-corrected chi connectivity index (χ0v) is 17.3. The van der Waals surface area contributed by atoms with Crippen LogP contribution in [0.2, 0.25) is 0 Å². The van der Waals surface area contributed by atoms with Crippen LogP contribution in [0.1, 0.15) is 0 Å². The molecular weight excluding hydrogens is 390 g/mol. The van der Waals surface area contributed by atoms with Crippen LogP contribution >= 0.6 is 0 Å². The summed E-state index contributed by atoms with van der Waals surface area (Å²) in [5.41, 5.74) is 8.92. The van der Waals surface area contributed by atoms with Crippen molar-refractivity contribution in [3.05, 3.63) is 109 Å². The molecule has 0 unspecified atom stereocenters. The molecule has 2 aromatic heterocycles. The topological polar surface area (TPSA) is 28.9 Å². The van der Waals surface area contributed by atoms with Gasteiger partial charge in [0.25, 0.3) is 0 Å². The van der Waals surface area contributed by atoms with Crippen molar-refractivity contribution in [2.75, 3.05) is 0 Å². The van der Waals surface area contributed by atoms with Crippen molar-refractivity contribution in [2.45, 2.75) is 0 Å². The van der Waals surface area contributed by atoms with Crippen molar-refractivity contribution in [2.24, 2.45) is 0 Å². The van der Waals surface area contributed by atoms with E-state index in [2.05, 4.69) is 108 Å². The third-order valence-electron chi connectivity index (χ3n) is 6.42. The number of furan rings is 1. The average molecular weight is 409 g/mol. The molecule has 1 N–H and O–H groups in total. The van der Waals surface area contributed by atoms with Crippen molar-refractivity contribution in [3.8, 4) is 22.3 Å². The maximum absolute atomic E-state index is 6.21. The highest BCUT2D eigenvalue weighted by Crippen LogP contribution is 2.36. The van der Waals surface area contributed by atoms with Crippen LogP contribution in [0.5, 0.6) is 0 Å². The molecule has 0 spiro atoms. The largest absolute Gasteiger partial charge is 0.456 e. The van der Waals surface area contributed by atoms with Crippen LogP contribution in [0, 0.1) is 0 Å². The van der Waals surface area contributed by atoms with Crippen LogP contribution < -0.4 is 0 Å². The molecule has 0 saturated heterocycles. The lowest BCUT2D eigenvalue weighted by Gasteiger charge is -2.03. The molecule has 0 aliphatic rings. The Bertz CT molecular complexity index is 1770. The van der Waals surface area contributed by atoms with Crippen LogP contribution in [0.25, 0.3) is 66.0 Å². The zero-order chi connectivity index (χ0) is 21.1. The molecule has 2 heterocycles. The second kappa shape index (κ2) is 6.60. The summed E-state index contributed by atoms with van der Waals surface area (Å²) in [6.45, 7) is 0. The molecule has 0 amide bonds. The van der Waals surface area contributed by atoms with Gasteiger partial charge in [0.2, 0.25) is 0 Å². The summed E-state index contributed by atoms with van der Waals surface area (Å²) in [5, 5.41) is 4.81. The van der Waals surface area contributed by atoms with E-state index in [9.17, 15) is 0 Å². The number of aromatic amines is 1. The molecule has 0 fully saturated rings. The normalized spacial score (nSPS) is 11.8. The molecule has 0 atom stereocenters. The molecule has 0 radical (unpaired) electrons. The quantitative estimate of drug-likeness (QED) is 0.304. The number of nitrogens with one attached hydrogen (secondary N) is 1. The first-order valence-electron chi connectivity index (χ1n) is 10.9. The monoisotopic (exact) mass is 409 g/mol. The predicted octanol–water partition coefficient (Wildman–Crippen LogP) is 8.55. The van der Waals surface area contributed by atoms with Crippen LogP contribution in [-0.2, 0) is 0 Å². The van der Waals surface area contributed by atoms with Crippen LogP contribution in [0.15, 0.2) is 114 Å². The van der Waals surface area contributed by atoms with Gasteiger partial charge in [0.15, 0.2) is 0 Å². The van der Waals surface area contributed by atoms with Gasteiger partial charge in [-0.05, 0) is 58.7 Å². The molecule has 0 aliphatic heterocycles. The first-order chi connectivity index (χ1) is 15.8. The van der Waals surface area contributed by atoms with Crippen LogP contribution in [0.4, 0.5) is 0 Å². The Labute approximate surface area is 184 Å². The highest BCUT2D eigenvalue weighted by molar-refractivity contribution is 6.09. The third-order valence-corrected chi connectivity index (χ3v) is 6.42. The maximum atomic E-state index is 6.21. The van der Waals surface area contributed by atoms with E-state index in [1.807, 2.05) is 6.07 Å². The lowest BCUT2D eigenvalue weighted by atomic mass is 10.00. The fourth-order valence-electron chi connectivity index (χ4n) is 4.80. The summed E-state index contributed by atoms with van der Waals surface area (Å²) in [6.07, 6.45) is 0. The SMILES string of the molecule is c1ccc(-c2ccc3c(c2)oc2ccc(-c4ccc5c(c4)[nH]c4ccccc45)cc23)cc1. The fourth-order valence-corrected chi connectivity index (χ4v) is 4.80. The predicted molar refractivity (Wildman–Crippen MR) is 134 cm³/mol. The van der Waals surface area contributed by atoms with E-state index in [1.165, 1.54) is 38.5 Å². The van der Waals surface area contributed by atoms with Crippen LogP contribution in [0.3, 0.4) is 0 Å². The molecule has 7 aromatic rings. The summed E-state index contributed by atoms with van der Waals surface area (Å²) >= 11 is 0. The number of hydrogen-bond acceptors (Lipinski definition) is 1. The Morgan fingerprint density at radius 1 is 0.406 bits per heavy atom. The lowest BCUT2D eigenvalue weighted by molar-refractivity contribution is 0.669. The van der Waals surface area contributed by atoms with Crippen molar-refractivity contribution in [3.63, 3.8) is 0 Å². The Balaban J connectivity index is 1.37. The Morgan fingerprint density at radius 2 is 1.09 bits per heavy atom. The number of benzene rings is 5. The van der Waals surface area contributed by atoms with E-state index in [4.69, 9.17) is 4.42 Å². The zero-order valence-electron chi connectivity index (χ0n) is 17.3. The molecule has 2 heteroatoms. The van der Waals surface area contributed by atoms with E-state index in [-0.39, 0.29) is 0 Å². The molecule has 5 aromatic carbocycles. The Hall–Kier alpha value is -4.30. The van der Waals surface area contributed by atoms with Gasteiger partial charge in [-0.1, -0.05) is 72.8 Å². The molecule has 0 saturated carbocycles. The summed E-state index contributed by atoms with van der Waals surface area (Å²) < 4.78 is 6.21. The van der Waals surface area contributed by atoms with E-state index < -0.39 is 0 Å².